The predicted octanol–water partition coefficient (Wildman–Crippen LogP) is 3.68. The van der Waals surface area contributed by atoms with Crippen molar-refractivity contribution in [1.82, 2.24) is 9.97 Å². The second-order valence-corrected chi connectivity index (χ2v) is 6.27. The van der Waals surface area contributed by atoms with Crippen molar-refractivity contribution in [2.45, 2.75) is 19.9 Å². The van der Waals surface area contributed by atoms with Crippen molar-refractivity contribution in [2.24, 2.45) is 0 Å². The highest BCUT2D eigenvalue weighted by atomic mass is 19.1. The third kappa shape index (κ3) is 3.15. The van der Waals surface area contributed by atoms with Crippen LogP contribution in [0.1, 0.15) is 24.2 Å². The molecule has 3 rings (SSSR count). The Hall–Kier alpha value is -3.22. The van der Waals surface area contributed by atoms with Crippen molar-refractivity contribution >= 4 is 22.8 Å². The normalized spacial score (nSPS) is 11.1. The number of phenols is 1. The Balaban J connectivity index is 2.30. The molecule has 0 unspecified atom stereocenters. The van der Waals surface area contributed by atoms with E-state index >= 15 is 0 Å². The fraction of sp³-hybridized carbons (Fsp3) is 0.211. The number of rotatable bonds is 4. The number of hydrogen-bond acceptors (Lipinski definition) is 5. The molecule has 0 saturated heterocycles. The van der Waals surface area contributed by atoms with Crippen LogP contribution in [0.15, 0.2) is 36.4 Å². The molecule has 0 aliphatic carbocycles. The lowest BCUT2D eigenvalue weighted by molar-refractivity contribution is 0.0694. The van der Waals surface area contributed by atoms with E-state index in [1.807, 2.05) is 25.8 Å². The van der Waals surface area contributed by atoms with Crippen molar-refractivity contribution < 1.29 is 19.4 Å². The summed E-state index contributed by atoms with van der Waals surface area (Å²) in [5.41, 5.74) is 1.67. The first-order chi connectivity index (χ1) is 12.3. The lowest BCUT2D eigenvalue weighted by Gasteiger charge is -2.25. The van der Waals surface area contributed by atoms with Gasteiger partial charge in [0.2, 0.25) is 0 Å². The van der Waals surface area contributed by atoms with Crippen molar-refractivity contribution in [3.63, 3.8) is 0 Å². The molecular formula is C19H18FN3O3. The van der Waals surface area contributed by atoms with Gasteiger partial charge in [0, 0.05) is 24.7 Å². The van der Waals surface area contributed by atoms with E-state index in [0.29, 0.717) is 28.1 Å². The molecule has 0 spiro atoms. The van der Waals surface area contributed by atoms with Crippen molar-refractivity contribution in [2.75, 3.05) is 11.9 Å². The molecule has 0 aliphatic heterocycles. The summed E-state index contributed by atoms with van der Waals surface area (Å²) in [4.78, 5) is 22.3. The highest BCUT2D eigenvalue weighted by molar-refractivity contribution is 5.96. The molecule has 0 saturated carbocycles. The zero-order valence-corrected chi connectivity index (χ0v) is 14.6. The van der Waals surface area contributed by atoms with Gasteiger partial charge in [0.05, 0.1) is 11.0 Å². The zero-order valence-electron chi connectivity index (χ0n) is 14.6. The number of carbonyl (C=O) groups is 1. The Kier molecular flexibility index (Phi) is 4.46. The summed E-state index contributed by atoms with van der Waals surface area (Å²) in [5.74, 6) is -1.44. The Morgan fingerprint density at radius 3 is 2.31 bits per heavy atom. The average molecular weight is 355 g/mol. The Morgan fingerprint density at radius 1 is 1.12 bits per heavy atom. The maximum atomic E-state index is 13.3. The minimum absolute atomic E-state index is 0.108. The molecule has 0 atom stereocenters. The standard InChI is InChI=1S/C19H18FN3O3/c1-10(2)23(3)18-17(11-4-6-12(20)7-5-11)21-15-9-16(24)13(19(25)26)8-14(15)22-18/h4-10,24H,1-3H3,(H,25,26). The zero-order chi connectivity index (χ0) is 19.0. The number of carboxylic acid groups (broad SMARTS) is 1. The number of fused-ring (bicyclic) bond motifs is 1. The van der Waals surface area contributed by atoms with Crippen molar-refractivity contribution in [3.05, 3.63) is 47.8 Å². The highest BCUT2D eigenvalue weighted by Gasteiger charge is 2.19. The average Bonchev–Trinajstić information content (AvgIpc) is 2.60. The third-order valence-electron chi connectivity index (χ3n) is 4.22. The molecule has 1 aromatic heterocycles. The maximum Gasteiger partial charge on any atom is 0.339 e. The van der Waals surface area contributed by atoms with Crippen molar-refractivity contribution in [1.29, 1.82) is 0 Å². The quantitative estimate of drug-likeness (QED) is 0.742. The van der Waals surface area contributed by atoms with E-state index in [-0.39, 0.29) is 23.2 Å². The molecular weight excluding hydrogens is 337 g/mol. The van der Waals surface area contributed by atoms with Gasteiger partial charge < -0.3 is 15.1 Å². The molecule has 2 aromatic carbocycles. The second kappa shape index (κ2) is 6.59. The number of aromatic carboxylic acids is 1. The van der Waals surface area contributed by atoms with E-state index in [1.54, 1.807) is 12.1 Å². The fourth-order valence-electron chi connectivity index (χ4n) is 2.55. The molecule has 0 fully saturated rings. The van der Waals surface area contributed by atoms with Gasteiger partial charge in [0.15, 0.2) is 5.82 Å². The molecule has 26 heavy (non-hydrogen) atoms. The smallest absolute Gasteiger partial charge is 0.339 e. The lowest BCUT2D eigenvalue weighted by atomic mass is 10.1. The molecule has 1 heterocycles. The van der Waals surface area contributed by atoms with Crippen LogP contribution in [0.4, 0.5) is 10.2 Å². The topological polar surface area (TPSA) is 86.6 Å². The number of benzene rings is 2. The maximum absolute atomic E-state index is 13.3. The Bertz CT molecular complexity index is 987. The summed E-state index contributed by atoms with van der Waals surface area (Å²) in [6, 6.07) is 8.57. The fourth-order valence-corrected chi connectivity index (χ4v) is 2.55. The molecule has 3 aromatic rings. The van der Waals surface area contributed by atoms with Crippen LogP contribution in [0.3, 0.4) is 0 Å². The summed E-state index contributed by atoms with van der Waals surface area (Å²) in [7, 11) is 1.85. The van der Waals surface area contributed by atoms with Gasteiger partial charge in [-0.25, -0.2) is 19.2 Å². The monoisotopic (exact) mass is 355 g/mol. The summed E-state index contributed by atoms with van der Waals surface area (Å²) < 4.78 is 13.3. The number of aromatic nitrogens is 2. The molecule has 7 heteroatoms. The van der Waals surface area contributed by atoms with Gasteiger partial charge in [-0.15, -0.1) is 0 Å². The first kappa shape index (κ1) is 17.6. The highest BCUT2D eigenvalue weighted by Crippen LogP contribution is 2.32. The molecule has 6 nitrogen and oxygen atoms in total. The van der Waals surface area contributed by atoms with E-state index < -0.39 is 5.97 Å². The summed E-state index contributed by atoms with van der Waals surface area (Å²) in [5, 5.41) is 19.1. The minimum atomic E-state index is -1.24. The first-order valence-electron chi connectivity index (χ1n) is 8.04. The third-order valence-corrected chi connectivity index (χ3v) is 4.22. The van der Waals surface area contributed by atoms with Crippen LogP contribution in [0, 0.1) is 5.82 Å². The van der Waals surface area contributed by atoms with Gasteiger partial charge in [0.1, 0.15) is 22.8 Å². The largest absolute Gasteiger partial charge is 0.507 e. The van der Waals surface area contributed by atoms with Crippen LogP contribution in [-0.4, -0.2) is 39.2 Å². The molecule has 0 bridgehead atoms. The number of aromatic hydroxyl groups is 1. The SMILES string of the molecule is CC(C)N(C)c1nc2cc(C(=O)O)c(O)cc2nc1-c1ccc(F)cc1. The number of nitrogens with zero attached hydrogens (tertiary/aromatic N) is 3. The minimum Gasteiger partial charge on any atom is -0.507 e. The van der Waals surface area contributed by atoms with E-state index in [9.17, 15) is 19.4 Å². The van der Waals surface area contributed by atoms with Crippen LogP contribution >= 0.6 is 0 Å². The number of hydrogen-bond donors (Lipinski definition) is 2. The number of anilines is 1. The van der Waals surface area contributed by atoms with Crippen LogP contribution in [0.25, 0.3) is 22.3 Å². The van der Waals surface area contributed by atoms with Gasteiger partial charge in [-0.3, -0.25) is 0 Å². The van der Waals surface area contributed by atoms with Gasteiger partial charge in [-0.2, -0.15) is 0 Å². The van der Waals surface area contributed by atoms with Gasteiger partial charge in [-0.1, -0.05) is 0 Å². The lowest BCUT2D eigenvalue weighted by Crippen LogP contribution is -2.27. The van der Waals surface area contributed by atoms with E-state index in [2.05, 4.69) is 9.97 Å². The molecule has 2 N–H and O–H groups in total. The van der Waals surface area contributed by atoms with Crippen LogP contribution < -0.4 is 4.90 Å². The summed E-state index contributed by atoms with van der Waals surface area (Å²) in [6.45, 7) is 3.97. The van der Waals surface area contributed by atoms with Gasteiger partial charge in [-0.05, 0) is 44.2 Å². The Morgan fingerprint density at radius 2 is 1.73 bits per heavy atom. The number of carboxylic acids is 1. The van der Waals surface area contributed by atoms with E-state index in [1.165, 1.54) is 24.3 Å². The summed E-state index contributed by atoms with van der Waals surface area (Å²) >= 11 is 0. The van der Waals surface area contributed by atoms with E-state index in [4.69, 9.17) is 0 Å². The first-order valence-corrected chi connectivity index (χ1v) is 8.04. The van der Waals surface area contributed by atoms with E-state index in [0.717, 1.165) is 0 Å². The summed E-state index contributed by atoms with van der Waals surface area (Å²) in [6.07, 6.45) is 0. The van der Waals surface area contributed by atoms with Crippen LogP contribution in [-0.2, 0) is 0 Å². The number of halogens is 1. The molecule has 134 valence electrons. The predicted molar refractivity (Wildman–Crippen MR) is 97.1 cm³/mol. The van der Waals surface area contributed by atoms with Crippen LogP contribution in [0.2, 0.25) is 0 Å². The van der Waals surface area contributed by atoms with Crippen molar-refractivity contribution in [3.8, 4) is 17.0 Å². The van der Waals surface area contributed by atoms with Crippen LogP contribution in [0.5, 0.6) is 5.75 Å². The molecule has 0 aliphatic rings. The molecule has 0 amide bonds. The van der Waals surface area contributed by atoms with Gasteiger partial charge in [0.25, 0.3) is 0 Å². The molecule has 0 radical (unpaired) electrons. The van der Waals surface area contributed by atoms with Gasteiger partial charge >= 0.3 is 5.97 Å². The Labute approximate surface area is 149 Å². The second-order valence-electron chi connectivity index (χ2n) is 6.27.